The van der Waals surface area contributed by atoms with Gasteiger partial charge >= 0.3 is 0 Å². The number of benzene rings is 1. The summed E-state index contributed by atoms with van der Waals surface area (Å²) in [5.74, 6) is 1.65. The van der Waals surface area contributed by atoms with Crippen LogP contribution in [0.4, 0.5) is 5.82 Å². The Kier molecular flexibility index (Phi) is 3.44. The van der Waals surface area contributed by atoms with Crippen LogP contribution in [0.15, 0.2) is 24.3 Å². The summed E-state index contributed by atoms with van der Waals surface area (Å²) < 4.78 is 10.3. The van der Waals surface area contributed by atoms with Crippen LogP contribution in [0.25, 0.3) is 10.9 Å². The van der Waals surface area contributed by atoms with Crippen molar-refractivity contribution in [1.82, 2.24) is 4.98 Å². The molecule has 0 spiro atoms. The first-order valence-electron chi connectivity index (χ1n) is 5.43. The van der Waals surface area contributed by atoms with E-state index in [0.717, 1.165) is 28.0 Å². The minimum Gasteiger partial charge on any atom is -0.497 e. The summed E-state index contributed by atoms with van der Waals surface area (Å²) in [6.45, 7) is 0.547. The molecule has 1 aromatic heterocycles. The minimum absolute atomic E-state index is 0.547. The zero-order valence-electron chi connectivity index (χ0n) is 10.3. The lowest BCUT2D eigenvalue weighted by atomic mass is 10.1. The van der Waals surface area contributed by atoms with Crippen LogP contribution in [0, 0.1) is 0 Å². The molecule has 0 unspecified atom stereocenters. The standard InChI is InChI=1S/C13H16N2O2/c1-14-13-10(8-16-2)6-9-4-5-11(17-3)7-12(9)15-13/h4-7H,8H2,1-3H3,(H,14,15). The van der Waals surface area contributed by atoms with Crippen molar-refractivity contribution in [3.63, 3.8) is 0 Å². The maximum absolute atomic E-state index is 5.19. The van der Waals surface area contributed by atoms with Gasteiger partial charge in [-0.15, -0.1) is 0 Å². The normalized spacial score (nSPS) is 10.5. The Morgan fingerprint density at radius 2 is 2.06 bits per heavy atom. The summed E-state index contributed by atoms with van der Waals surface area (Å²) in [4.78, 5) is 4.55. The molecule has 0 bridgehead atoms. The molecule has 0 saturated heterocycles. The highest BCUT2D eigenvalue weighted by Crippen LogP contribution is 2.24. The summed E-state index contributed by atoms with van der Waals surface area (Å²) >= 11 is 0. The molecule has 0 radical (unpaired) electrons. The number of hydrogen-bond donors (Lipinski definition) is 1. The first kappa shape index (κ1) is 11.7. The Hall–Kier alpha value is -1.81. The summed E-state index contributed by atoms with van der Waals surface area (Å²) in [6.07, 6.45) is 0. The number of hydrogen-bond acceptors (Lipinski definition) is 4. The Bertz CT molecular complexity index is 526. The van der Waals surface area contributed by atoms with Gasteiger partial charge in [-0.3, -0.25) is 0 Å². The smallest absolute Gasteiger partial charge is 0.131 e. The van der Waals surface area contributed by atoms with Crippen LogP contribution in [-0.4, -0.2) is 26.3 Å². The Balaban J connectivity index is 2.56. The number of pyridine rings is 1. The highest BCUT2D eigenvalue weighted by Gasteiger charge is 2.06. The molecule has 4 heteroatoms. The van der Waals surface area contributed by atoms with Crippen LogP contribution in [0.5, 0.6) is 5.75 Å². The van der Waals surface area contributed by atoms with Crippen molar-refractivity contribution in [3.8, 4) is 5.75 Å². The monoisotopic (exact) mass is 232 g/mol. The van der Waals surface area contributed by atoms with Gasteiger partial charge in [0.05, 0.1) is 19.2 Å². The van der Waals surface area contributed by atoms with E-state index in [-0.39, 0.29) is 0 Å². The molecule has 1 N–H and O–H groups in total. The number of methoxy groups -OCH3 is 2. The topological polar surface area (TPSA) is 43.4 Å². The van der Waals surface area contributed by atoms with Gasteiger partial charge in [0.15, 0.2) is 0 Å². The van der Waals surface area contributed by atoms with Crippen molar-refractivity contribution in [2.45, 2.75) is 6.61 Å². The van der Waals surface area contributed by atoms with Gasteiger partial charge in [0.1, 0.15) is 11.6 Å². The van der Waals surface area contributed by atoms with E-state index < -0.39 is 0 Å². The van der Waals surface area contributed by atoms with Gasteiger partial charge in [-0.2, -0.15) is 0 Å². The second kappa shape index (κ2) is 5.01. The molecule has 0 saturated carbocycles. The molecule has 90 valence electrons. The minimum atomic E-state index is 0.547. The van der Waals surface area contributed by atoms with E-state index in [0.29, 0.717) is 6.61 Å². The third-order valence-electron chi connectivity index (χ3n) is 2.64. The summed E-state index contributed by atoms with van der Waals surface area (Å²) in [5.41, 5.74) is 1.96. The molecule has 0 fully saturated rings. The molecular formula is C13H16N2O2. The lowest BCUT2D eigenvalue weighted by molar-refractivity contribution is 0.185. The summed E-state index contributed by atoms with van der Waals surface area (Å²) in [5, 5.41) is 4.16. The number of nitrogens with zero attached hydrogens (tertiary/aromatic N) is 1. The molecule has 1 aromatic carbocycles. The average molecular weight is 232 g/mol. The fourth-order valence-electron chi connectivity index (χ4n) is 1.80. The van der Waals surface area contributed by atoms with Crippen molar-refractivity contribution in [2.75, 3.05) is 26.6 Å². The van der Waals surface area contributed by atoms with E-state index in [1.54, 1.807) is 14.2 Å². The van der Waals surface area contributed by atoms with Gasteiger partial charge in [-0.25, -0.2) is 4.98 Å². The van der Waals surface area contributed by atoms with Crippen LogP contribution < -0.4 is 10.1 Å². The molecule has 2 aromatic rings. The Labute approximate surface area is 101 Å². The van der Waals surface area contributed by atoms with E-state index >= 15 is 0 Å². The van der Waals surface area contributed by atoms with Gasteiger partial charge in [0.2, 0.25) is 0 Å². The zero-order valence-corrected chi connectivity index (χ0v) is 10.3. The van der Waals surface area contributed by atoms with E-state index in [9.17, 15) is 0 Å². The Morgan fingerprint density at radius 1 is 1.24 bits per heavy atom. The largest absolute Gasteiger partial charge is 0.497 e. The number of fused-ring (bicyclic) bond motifs is 1. The maximum Gasteiger partial charge on any atom is 0.131 e. The van der Waals surface area contributed by atoms with Crippen LogP contribution >= 0.6 is 0 Å². The zero-order chi connectivity index (χ0) is 12.3. The lowest BCUT2D eigenvalue weighted by Gasteiger charge is -2.10. The predicted octanol–water partition coefficient (Wildman–Crippen LogP) is 2.43. The quantitative estimate of drug-likeness (QED) is 0.879. The number of aromatic nitrogens is 1. The van der Waals surface area contributed by atoms with Gasteiger partial charge in [-0.05, 0) is 18.2 Å². The van der Waals surface area contributed by atoms with Crippen molar-refractivity contribution in [2.24, 2.45) is 0 Å². The molecule has 17 heavy (non-hydrogen) atoms. The maximum atomic E-state index is 5.19. The molecule has 0 atom stereocenters. The van der Waals surface area contributed by atoms with Gasteiger partial charge in [0, 0.05) is 31.2 Å². The molecule has 0 aliphatic heterocycles. The van der Waals surface area contributed by atoms with E-state index in [4.69, 9.17) is 9.47 Å². The molecule has 0 aliphatic rings. The fourth-order valence-corrected chi connectivity index (χ4v) is 1.80. The average Bonchev–Trinajstić information content (AvgIpc) is 2.37. The van der Waals surface area contributed by atoms with Crippen LogP contribution in [-0.2, 0) is 11.3 Å². The second-order valence-corrected chi connectivity index (χ2v) is 3.74. The van der Waals surface area contributed by atoms with Crippen molar-refractivity contribution < 1.29 is 9.47 Å². The lowest BCUT2D eigenvalue weighted by Crippen LogP contribution is -2.00. The van der Waals surface area contributed by atoms with Gasteiger partial charge < -0.3 is 14.8 Å². The highest BCUT2D eigenvalue weighted by atomic mass is 16.5. The highest BCUT2D eigenvalue weighted by molar-refractivity contribution is 5.83. The molecule has 0 aliphatic carbocycles. The van der Waals surface area contributed by atoms with Crippen molar-refractivity contribution in [1.29, 1.82) is 0 Å². The predicted molar refractivity (Wildman–Crippen MR) is 68.6 cm³/mol. The van der Waals surface area contributed by atoms with E-state index in [1.807, 2.05) is 25.2 Å². The Morgan fingerprint density at radius 3 is 2.71 bits per heavy atom. The third kappa shape index (κ3) is 2.31. The fraction of sp³-hybridized carbons (Fsp3) is 0.308. The summed E-state index contributed by atoms with van der Waals surface area (Å²) in [7, 11) is 5.19. The van der Waals surface area contributed by atoms with Crippen LogP contribution in [0.2, 0.25) is 0 Å². The number of nitrogens with one attached hydrogen (secondary N) is 1. The molecule has 1 heterocycles. The van der Waals surface area contributed by atoms with Crippen molar-refractivity contribution in [3.05, 3.63) is 29.8 Å². The van der Waals surface area contributed by atoms with E-state index in [2.05, 4.69) is 16.4 Å². The molecule has 4 nitrogen and oxygen atoms in total. The first-order chi connectivity index (χ1) is 8.28. The van der Waals surface area contributed by atoms with Gasteiger partial charge in [-0.1, -0.05) is 0 Å². The number of ether oxygens (including phenoxy) is 2. The first-order valence-corrected chi connectivity index (χ1v) is 5.43. The number of rotatable bonds is 4. The van der Waals surface area contributed by atoms with Crippen LogP contribution in [0.1, 0.15) is 5.56 Å². The SMILES string of the molecule is CNc1nc2cc(OC)ccc2cc1COC. The molecule has 2 rings (SSSR count). The van der Waals surface area contributed by atoms with E-state index in [1.165, 1.54) is 0 Å². The molecular weight excluding hydrogens is 216 g/mol. The van der Waals surface area contributed by atoms with Crippen molar-refractivity contribution >= 4 is 16.7 Å². The number of anilines is 1. The second-order valence-electron chi connectivity index (χ2n) is 3.74. The molecule has 0 amide bonds. The summed E-state index contributed by atoms with van der Waals surface area (Å²) in [6, 6.07) is 7.93. The van der Waals surface area contributed by atoms with Crippen LogP contribution in [0.3, 0.4) is 0 Å². The van der Waals surface area contributed by atoms with Gasteiger partial charge in [0.25, 0.3) is 0 Å². The third-order valence-corrected chi connectivity index (χ3v) is 2.64.